The summed E-state index contributed by atoms with van der Waals surface area (Å²) in [5.74, 6) is 0. The van der Waals surface area contributed by atoms with Crippen molar-refractivity contribution in [1.82, 2.24) is 4.57 Å². The van der Waals surface area contributed by atoms with Crippen LogP contribution in [0.3, 0.4) is 0 Å². The zero-order valence-corrected chi connectivity index (χ0v) is 36.6. The topological polar surface area (TPSA) is 8.17 Å². The molecular formula is C65H42N2. The summed E-state index contributed by atoms with van der Waals surface area (Å²) in [4.78, 5) is 2.47. The molecule has 0 bridgehead atoms. The molecule has 1 aromatic heterocycles. The van der Waals surface area contributed by atoms with Crippen LogP contribution in [0, 0.1) is 0 Å². The summed E-state index contributed by atoms with van der Waals surface area (Å²) in [6.07, 6.45) is 0. The Kier molecular flexibility index (Phi) is 8.23. The maximum Gasteiger partial charge on any atom is 0.0754 e. The molecule has 2 aliphatic rings. The van der Waals surface area contributed by atoms with Crippen LogP contribution in [0.15, 0.2) is 255 Å². The zero-order valence-electron chi connectivity index (χ0n) is 36.6. The molecule has 0 fully saturated rings. The molecule has 11 aromatic carbocycles. The number of nitrogens with zero attached hydrogens (tertiary/aromatic N) is 2. The van der Waals surface area contributed by atoms with Crippen LogP contribution in [0.2, 0.25) is 0 Å². The normalized spacial score (nSPS) is 14.3. The molecule has 12 aromatic rings. The second-order valence-electron chi connectivity index (χ2n) is 18.0. The van der Waals surface area contributed by atoms with Gasteiger partial charge in [-0.05, 0) is 121 Å². The molecule has 0 saturated heterocycles. The Hall–Kier alpha value is -8.72. The van der Waals surface area contributed by atoms with E-state index in [9.17, 15) is 0 Å². The SMILES string of the molecule is c1ccc(-c2cccc(-c3ccccc3N(c3ccc(-c4cccc5ccccc45)cc3)c3ccc4c(c3)-c3ccccc3C43c4ccccc4-n4c5ccccc5c5cccc3c54)c2)cc1. The molecule has 1 atom stereocenters. The molecule has 67 heavy (non-hydrogen) atoms. The molecule has 312 valence electrons. The predicted molar refractivity (Wildman–Crippen MR) is 280 cm³/mol. The zero-order chi connectivity index (χ0) is 44.1. The average Bonchev–Trinajstić information content (AvgIpc) is 3.90. The molecular weight excluding hydrogens is 809 g/mol. The van der Waals surface area contributed by atoms with Crippen molar-refractivity contribution in [3.63, 3.8) is 0 Å². The Balaban J connectivity index is 1.00. The summed E-state index contributed by atoms with van der Waals surface area (Å²) in [6.45, 7) is 0. The van der Waals surface area contributed by atoms with Gasteiger partial charge in [0.05, 0.1) is 27.8 Å². The second kappa shape index (κ2) is 14.7. The number of aromatic nitrogens is 1. The maximum absolute atomic E-state index is 2.52. The van der Waals surface area contributed by atoms with Crippen LogP contribution in [0.25, 0.3) is 82.8 Å². The van der Waals surface area contributed by atoms with E-state index in [1.54, 1.807) is 0 Å². The lowest BCUT2D eigenvalue weighted by Gasteiger charge is -2.39. The van der Waals surface area contributed by atoms with Crippen LogP contribution in [-0.2, 0) is 5.41 Å². The third kappa shape index (κ3) is 5.45. The van der Waals surface area contributed by atoms with Crippen LogP contribution in [0.4, 0.5) is 17.1 Å². The largest absolute Gasteiger partial charge is 0.310 e. The van der Waals surface area contributed by atoms with E-state index in [1.807, 2.05) is 0 Å². The van der Waals surface area contributed by atoms with Crippen LogP contribution in [0.5, 0.6) is 0 Å². The van der Waals surface area contributed by atoms with Crippen molar-refractivity contribution in [2.75, 3.05) is 4.90 Å². The van der Waals surface area contributed by atoms with Gasteiger partial charge in [-0.15, -0.1) is 0 Å². The van der Waals surface area contributed by atoms with Gasteiger partial charge in [0.1, 0.15) is 0 Å². The van der Waals surface area contributed by atoms with Gasteiger partial charge in [0, 0.05) is 27.7 Å². The second-order valence-corrected chi connectivity index (χ2v) is 18.0. The van der Waals surface area contributed by atoms with E-state index in [2.05, 4.69) is 264 Å². The molecule has 2 heteroatoms. The summed E-state index contributed by atoms with van der Waals surface area (Å²) in [7, 11) is 0. The van der Waals surface area contributed by atoms with Gasteiger partial charge in [0.25, 0.3) is 0 Å². The molecule has 1 aliphatic carbocycles. The van der Waals surface area contributed by atoms with Crippen molar-refractivity contribution in [2.45, 2.75) is 5.41 Å². The third-order valence-corrected chi connectivity index (χ3v) is 14.6. The molecule has 2 heterocycles. The lowest BCUT2D eigenvalue weighted by molar-refractivity contribution is 0.748. The Bertz CT molecular complexity index is 3930. The van der Waals surface area contributed by atoms with Gasteiger partial charge < -0.3 is 9.47 Å². The summed E-state index contributed by atoms with van der Waals surface area (Å²) in [6, 6.07) is 94.4. The van der Waals surface area contributed by atoms with Gasteiger partial charge in [0.15, 0.2) is 0 Å². The first kappa shape index (κ1) is 37.6. The van der Waals surface area contributed by atoms with E-state index < -0.39 is 5.41 Å². The first-order valence-electron chi connectivity index (χ1n) is 23.3. The van der Waals surface area contributed by atoms with Crippen molar-refractivity contribution in [1.29, 1.82) is 0 Å². The quantitative estimate of drug-likeness (QED) is 0.162. The summed E-state index contributed by atoms with van der Waals surface area (Å²) < 4.78 is 2.52. The lowest BCUT2D eigenvalue weighted by atomic mass is 9.65. The molecule has 0 radical (unpaired) electrons. The van der Waals surface area contributed by atoms with Crippen LogP contribution in [0.1, 0.15) is 22.3 Å². The monoisotopic (exact) mass is 850 g/mol. The van der Waals surface area contributed by atoms with E-state index >= 15 is 0 Å². The summed E-state index contributed by atoms with van der Waals surface area (Å²) in [5, 5.41) is 5.07. The van der Waals surface area contributed by atoms with E-state index in [4.69, 9.17) is 0 Å². The fraction of sp³-hybridized carbons (Fsp3) is 0.0154. The van der Waals surface area contributed by atoms with E-state index in [0.29, 0.717) is 0 Å². The number of fused-ring (bicyclic) bond motifs is 13. The molecule has 1 spiro atoms. The number of hydrogen-bond donors (Lipinski definition) is 0. The number of rotatable bonds is 6. The smallest absolute Gasteiger partial charge is 0.0754 e. The van der Waals surface area contributed by atoms with Gasteiger partial charge in [-0.1, -0.05) is 206 Å². The first-order valence-corrected chi connectivity index (χ1v) is 23.3. The Morgan fingerprint density at radius 3 is 1.81 bits per heavy atom. The van der Waals surface area contributed by atoms with E-state index in [0.717, 1.165) is 22.6 Å². The maximum atomic E-state index is 2.52. The minimum Gasteiger partial charge on any atom is -0.310 e. The minimum absolute atomic E-state index is 0.522. The van der Waals surface area contributed by atoms with Crippen molar-refractivity contribution < 1.29 is 0 Å². The highest BCUT2D eigenvalue weighted by Crippen LogP contribution is 2.61. The minimum atomic E-state index is -0.522. The van der Waals surface area contributed by atoms with Gasteiger partial charge in [-0.25, -0.2) is 0 Å². The fourth-order valence-corrected chi connectivity index (χ4v) is 11.8. The predicted octanol–water partition coefficient (Wildman–Crippen LogP) is 17.1. The van der Waals surface area contributed by atoms with E-state index in [-0.39, 0.29) is 0 Å². The molecule has 1 aliphatic heterocycles. The number of hydrogen-bond acceptors (Lipinski definition) is 1. The van der Waals surface area contributed by atoms with Gasteiger partial charge in [-0.3, -0.25) is 0 Å². The molecule has 0 amide bonds. The lowest BCUT2D eigenvalue weighted by Crippen LogP contribution is -2.33. The van der Waals surface area contributed by atoms with Crippen molar-refractivity contribution in [3.05, 3.63) is 277 Å². The van der Waals surface area contributed by atoms with E-state index in [1.165, 1.54) is 99.5 Å². The van der Waals surface area contributed by atoms with Crippen molar-refractivity contribution in [3.8, 4) is 50.2 Å². The molecule has 14 rings (SSSR count). The molecule has 2 nitrogen and oxygen atoms in total. The Morgan fingerprint density at radius 2 is 0.910 bits per heavy atom. The number of para-hydroxylation sites is 4. The summed E-state index contributed by atoms with van der Waals surface area (Å²) in [5.41, 5.74) is 21.5. The highest BCUT2D eigenvalue weighted by atomic mass is 15.1. The van der Waals surface area contributed by atoms with Crippen LogP contribution >= 0.6 is 0 Å². The van der Waals surface area contributed by atoms with Gasteiger partial charge in [-0.2, -0.15) is 0 Å². The third-order valence-electron chi connectivity index (χ3n) is 14.6. The Morgan fingerprint density at radius 1 is 0.313 bits per heavy atom. The number of anilines is 3. The van der Waals surface area contributed by atoms with Gasteiger partial charge >= 0.3 is 0 Å². The van der Waals surface area contributed by atoms with Crippen LogP contribution < -0.4 is 4.90 Å². The molecule has 0 saturated carbocycles. The first-order chi connectivity index (χ1) is 33.3. The number of benzene rings is 11. The van der Waals surface area contributed by atoms with Crippen molar-refractivity contribution >= 4 is 49.6 Å². The standard InChI is InChI=1S/C65H42N2/c1-2-17-43(18-3-1)46-21-14-22-47(41-46)52-24-7-11-32-61(52)66(48-37-35-45(36-38-48)51-27-15-20-44-19-4-5-23-50(44)51)49-39-40-58-56(42-49)53-25-6-9-29-57(53)65(58)59-30-10-13-34-63(59)67-62-33-12-8-26-54(62)55-28-16-31-60(65)64(55)67/h1-42H. The molecule has 0 N–H and O–H groups in total. The summed E-state index contributed by atoms with van der Waals surface area (Å²) >= 11 is 0. The highest BCUT2D eigenvalue weighted by Gasteiger charge is 2.51. The highest BCUT2D eigenvalue weighted by molar-refractivity contribution is 6.13. The Labute approximate surface area is 389 Å². The van der Waals surface area contributed by atoms with Crippen LogP contribution in [-0.4, -0.2) is 4.57 Å². The van der Waals surface area contributed by atoms with Gasteiger partial charge in [0.2, 0.25) is 0 Å². The van der Waals surface area contributed by atoms with Crippen molar-refractivity contribution in [2.24, 2.45) is 0 Å². The fourth-order valence-electron chi connectivity index (χ4n) is 11.8. The average molecular weight is 851 g/mol. The molecule has 1 unspecified atom stereocenters.